The van der Waals surface area contributed by atoms with Gasteiger partial charge in [0.15, 0.2) is 0 Å². The van der Waals surface area contributed by atoms with Gasteiger partial charge in [-0.05, 0) is 11.8 Å². The second-order valence-corrected chi connectivity index (χ2v) is 4.94. The van der Waals surface area contributed by atoms with Crippen molar-refractivity contribution in [1.29, 1.82) is 0 Å². The van der Waals surface area contributed by atoms with Crippen LogP contribution in [-0.4, -0.2) is 25.2 Å². The van der Waals surface area contributed by atoms with Gasteiger partial charge in [0.05, 0.1) is 13.0 Å². The van der Waals surface area contributed by atoms with Crippen LogP contribution in [-0.2, 0) is 19.1 Å². The standard InChI is InChI=1S/C11H18O4/c1-11(2,3)9-7(10(13)14-4)5-6-8(12)15-9/h7,9H,5-6H2,1-4H3/t7-,9-/m0/s1. The van der Waals surface area contributed by atoms with Crippen molar-refractivity contribution in [2.24, 2.45) is 11.3 Å². The van der Waals surface area contributed by atoms with Gasteiger partial charge in [-0.15, -0.1) is 0 Å². The molecule has 15 heavy (non-hydrogen) atoms. The number of hydrogen-bond acceptors (Lipinski definition) is 4. The number of rotatable bonds is 1. The van der Waals surface area contributed by atoms with Crippen LogP contribution in [0.2, 0.25) is 0 Å². The minimum atomic E-state index is -0.383. The highest BCUT2D eigenvalue weighted by Gasteiger charge is 2.43. The third-order valence-corrected chi connectivity index (χ3v) is 2.64. The van der Waals surface area contributed by atoms with Crippen molar-refractivity contribution < 1.29 is 19.1 Å². The van der Waals surface area contributed by atoms with Gasteiger partial charge in [0.2, 0.25) is 0 Å². The first-order valence-electron chi connectivity index (χ1n) is 5.13. The fourth-order valence-corrected chi connectivity index (χ4v) is 1.88. The Hall–Kier alpha value is -1.06. The lowest BCUT2D eigenvalue weighted by Crippen LogP contribution is -2.45. The largest absolute Gasteiger partial charge is 0.469 e. The molecule has 1 heterocycles. The maximum atomic E-state index is 11.5. The molecule has 1 saturated heterocycles. The summed E-state index contributed by atoms with van der Waals surface area (Å²) in [6.45, 7) is 5.85. The molecular formula is C11H18O4. The van der Waals surface area contributed by atoms with Crippen LogP contribution in [0.5, 0.6) is 0 Å². The maximum Gasteiger partial charge on any atom is 0.312 e. The van der Waals surface area contributed by atoms with Crippen LogP contribution in [0.25, 0.3) is 0 Å². The predicted octanol–water partition coefficient (Wildman–Crippen LogP) is 1.53. The Bertz CT molecular complexity index is 264. The summed E-state index contributed by atoms with van der Waals surface area (Å²) in [6.07, 6.45) is 0.436. The zero-order chi connectivity index (χ0) is 11.6. The van der Waals surface area contributed by atoms with Gasteiger partial charge < -0.3 is 9.47 Å². The van der Waals surface area contributed by atoms with Gasteiger partial charge in [0.1, 0.15) is 6.10 Å². The third-order valence-electron chi connectivity index (χ3n) is 2.64. The van der Waals surface area contributed by atoms with E-state index < -0.39 is 0 Å². The molecule has 0 radical (unpaired) electrons. The van der Waals surface area contributed by atoms with Crippen LogP contribution >= 0.6 is 0 Å². The zero-order valence-electron chi connectivity index (χ0n) is 9.70. The molecule has 0 aliphatic carbocycles. The molecule has 0 unspecified atom stereocenters. The third kappa shape index (κ3) is 2.70. The first kappa shape index (κ1) is 12.0. The Kier molecular flexibility index (Phi) is 3.37. The molecule has 4 heteroatoms. The highest BCUT2D eigenvalue weighted by molar-refractivity contribution is 5.77. The Morgan fingerprint density at radius 2 is 2.07 bits per heavy atom. The van der Waals surface area contributed by atoms with E-state index in [1.807, 2.05) is 20.8 Å². The minimum absolute atomic E-state index is 0.227. The van der Waals surface area contributed by atoms with E-state index in [-0.39, 0.29) is 29.4 Å². The molecule has 0 aromatic heterocycles. The Balaban J connectivity index is 2.84. The Morgan fingerprint density at radius 1 is 1.47 bits per heavy atom. The molecule has 0 amide bonds. The van der Waals surface area contributed by atoms with Crippen LogP contribution in [0.3, 0.4) is 0 Å². The quantitative estimate of drug-likeness (QED) is 0.621. The van der Waals surface area contributed by atoms with Gasteiger partial charge in [0.25, 0.3) is 0 Å². The molecule has 4 nitrogen and oxygen atoms in total. The zero-order valence-corrected chi connectivity index (χ0v) is 9.70. The smallest absolute Gasteiger partial charge is 0.312 e. The second kappa shape index (κ2) is 4.21. The maximum absolute atomic E-state index is 11.5. The highest BCUT2D eigenvalue weighted by atomic mass is 16.6. The Morgan fingerprint density at radius 3 is 2.53 bits per heavy atom. The van der Waals surface area contributed by atoms with E-state index in [0.29, 0.717) is 12.8 Å². The SMILES string of the molecule is COC(=O)[C@H]1CCC(=O)O[C@@H]1C(C)(C)C. The first-order valence-corrected chi connectivity index (χ1v) is 5.13. The molecule has 0 bridgehead atoms. The molecule has 86 valence electrons. The fourth-order valence-electron chi connectivity index (χ4n) is 1.88. The minimum Gasteiger partial charge on any atom is -0.469 e. The van der Waals surface area contributed by atoms with E-state index in [9.17, 15) is 9.59 Å². The van der Waals surface area contributed by atoms with Crippen molar-refractivity contribution in [3.63, 3.8) is 0 Å². The molecule has 2 atom stereocenters. The molecule has 0 aromatic carbocycles. The van der Waals surface area contributed by atoms with E-state index in [2.05, 4.69) is 0 Å². The van der Waals surface area contributed by atoms with Crippen LogP contribution in [0, 0.1) is 11.3 Å². The van der Waals surface area contributed by atoms with Crippen LogP contribution in [0.4, 0.5) is 0 Å². The van der Waals surface area contributed by atoms with Gasteiger partial charge in [-0.3, -0.25) is 9.59 Å². The summed E-state index contributed by atoms with van der Waals surface area (Å²) < 4.78 is 9.97. The number of hydrogen-bond donors (Lipinski definition) is 0. The van der Waals surface area contributed by atoms with Crippen molar-refractivity contribution in [2.45, 2.75) is 39.7 Å². The lowest BCUT2D eigenvalue weighted by Gasteiger charge is -2.37. The topological polar surface area (TPSA) is 52.6 Å². The molecule has 0 saturated carbocycles. The molecule has 1 fully saturated rings. The molecule has 1 aliphatic rings. The van der Waals surface area contributed by atoms with Crippen LogP contribution in [0.1, 0.15) is 33.6 Å². The average molecular weight is 214 g/mol. The summed E-state index contributed by atoms with van der Waals surface area (Å²) in [7, 11) is 1.36. The van der Waals surface area contributed by atoms with Crippen molar-refractivity contribution in [3.8, 4) is 0 Å². The first-order chi connectivity index (χ1) is 6.86. The van der Waals surface area contributed by atoms with Gasteiger partial charge in [-0.1, -0.05) is 20.8 Å². The fraction of sp³-hybridized carbons (Fsp3) is 0.818. The van der Waals surface area contributed by atoms with Gasteiger partial charge >= 0.3 is 11.9 Å². The number of carbonyl (C=O) groups is 2. The molecule has 0 spiro atoms. The van der Waals surface area contributed by atoms with Crippen molar-refractivity contribution in [1.82, 2.24) is 0 Å². The summed E-state index contributed by atoms with van der Waals surface area (Å²) in [6, 6.07) is 0. The van der Waals surface area contributed by atoms with Gasteiger partial charge in [0, 0.05) is 6.42 Å². The summed E-state index contributed by atoms with van der Waals surface area (Å²) in [5.74, 6) is -0.842. The summed E-state index contributed by atoms with van der Waals surface area (Å²) in [4.78, 5) is 22.7. The van der Waals surface area contributed by atoms with Gasteiger partial charge in [-0.2, -0.15) is 0 Å². The summed E-state index contributed by atoms with van der Waals surface area (Å²) in [5.41, 5.74) is -0.241. The lowest BCUT2D eigenvalue weighted by atomic mass is 9.78. The second-order valence-electron chi connectivity index (χ2n) is 4.94. The molecule has 0 N–H and O–H groups in total. The van der Waals surface area contributed by atoms with Gasteiger partial charge in [-0.25, -0.2) is 0 Å². The highest BCUT2D eigenvalue weighted by Crippen LogP contribution is 2.35. The average Bonchev–Trinajstić information content (AvgIpc) is 2.15. The number of ether oxygens (including phenoxy) is 2. The summed E-state index contributed by atoms with van der Waals surface area (Å²) in [5, 5.41) is 0. The van der Waals surface area contributed by atoms with E-state index in [1.54, 1.807) is 0 Å². The number of methoxy groups -OCH3 is 1. The normalized spacial score (nSPS) is 27.1. The van der Waals surface area contributed by atoms with Crippen molar-refractivity contribution >= 4 is 11.9 Å². The van der Waals surface area contributed by atoms with E-state index in [4.69, 9.17) is 9.47 Å². The van der Waals surface area contributed by atoms with Crippen molar-refractivity contribution in [2.75, 3.05) is 7.11 Å². The molecular weight excluding hydrogens is 196 g/mol. The lowest BCUT2D eigenvalue weighted by molar-refractivity contribution is -0.176. The monoisotopic (exact) mass is 214 g/mol. The van der Waals surface area contributed by atoms with E-state index >= 15 is 0 Å². The van der Waals surface area contributed by atoms with Crippen LogP contribution < -0.4 is 0 Å². The van der Waals surface area contributed by atoms with E-state index in [1.165, 1.54) is 7.11 Å². The van der Waals surface area contributed by atoms with Crippen LogP contribution in [0.15, 0.2) is 0 Å². The van der Waals surface area contributed by atoms with E-state index in [0.717, 1.165) is 0 Å². The number of cyclic esters (lactones) is 1. The molecule has 0 aromatic rings. The number of esters is 2. The molecule has 1 rings (SSSR count). The Labute approximate surface area is 89.9 Å². The molecule has 1 aliphatic heterocycles. The van der Waals surface area contributed by atoms with Crippen molar-refractivity contribution in [3.05, 3.63) is 0 Å². The summed E-state index contributed by atoms with van der Waals surface area (Å²) >= 11 is 0. The predicted molar refractivity (Wildman–Crippen MR) is 54.1 cm³/mol. The number of carbonyl (C=O) groups excluding carboxylic acids is 2.